The molecule has 0 aromatic heterocycles. The van der Waals surface area contributed by atoms with Crippen molar-refractivity contribution in [1.29, 1.82) is 0 Å². The van der Waals surface area contributed by atoms with Gasteiger partial charge in [0.15, 0.2) is 11.6 Å². The largest absolute Gasteiger partial charge is 0.475 e. The molecule has 0 heterocycles. The topological polar surface area (TPSA) is 69.7 Å². The first-order valence-electron chi connectivity index (χ1n) is 5.90. The van der Waals surface area contributed by atoms with E-state index in [4.69, 9.17) is 9.47 Å². The van der Waals surface area contributed by atoms with Crippen molar-refractivity contribution in [2.75, 3.05) is 6.61 Å². The summed E-state index contributed by atoms with van der Waals surface area (Å²) in [5.74, 6) is -0.959. The number of hydrogen-bond acceptors (Lipinski definition) is 5. The van der Waals surface area contributed by atoms with E-state index in [0.29, 0.717) is 5.56 Å². The summed E-state index contributed by atoms with van der Waals surface area (Å²) in [6, 6.07) is 6.18. The van der Waals surface area contributed by atoms with Gasteiger partial charge in [0, 0.05) is 0 Å². The smallest absolute Gasteiger partial charge is 0.338 e. The fraction of sp³-hybridized carbons (Fsp3) is 0.357. The number of ketones is 2. The Morgan fingerprint density at radius 3 is 2.32 bits per heavy atom. The third-order valence-electron chi connectivity index (χ3n) is 2.34. The van der Waals surface area contributed by atoms with E-state index in [1.807, 2.05) is 0 Å². The molecule has 19 heavy (non-hydrogen) atoms. The van der Waals surface area contributed by atoms with E-state index in [9.17, 15) is 14.4 Å². The fourth-order valence-electron chi connectivity index (χ4n) is 1.50. The molecule has 1 aromatic carbocycles. The summed E-state index contributed by atoms with van der Waals surface area (Å²) < 4.78 is 10.2. The molecule has 0 aliphatic rings. The van der Waals surface area contributed by atoms with E-state index in [1.165, 1.54) is 19.9 Å². The predicted octanol–water partition coefficient (Wildman–Crippen LogP) is 1.79. The standard InChI is InChI=1S/C14H16O5/c1-4-18-14(17)11-6-5-7-12(8-11)19-13(9(2)15)10(3)16/h5-8,13H,4H2,1-3H3. The van der Waals surface area contributed by atoms with Crippen LogP contribution in [0.5, 0.6) is 5.75 Å². The molecule has 1 rings (SSSR count). The maximum Gasteiger partial charge on any atom is 0.338 e. The second-order valence-corrected chi connectivity index (χ2v) is 3.97. The lowest BCUT2D eigenvalue weighted by Gasteiger charge is -2.14. The number of carbonyl (C=O) groups is 3. The summed E-state index contributed by atoms with van der Waals surface area (Å²) in [7, 11) is 0. The van der Waals surface area contributed by atoms with Gasteiger partial charge in [-0.2, -0.15) is 0 Å². The molecule has 0 amide bonds. The molecular weight excluding hydrogens is 248 g/mol. The minimum atomic E-state index is -1.14. The Kier molecular flexibility index (Phi) is 5.23. The highest BCUT2D eigenvalue weighted by molar-refractivity contribution is 6.03. The van der Waals surface area contributed by atoms with E-state index >= 15 is 0 Å². The molecule has 0 atom stereocenters. The van der Waals surface area contributed by atoms with Crippen LogP contribution < -0.4 is 4.74 Å². The van der Waals surface area contributed by atoms with Gasteiger partial charge in [-0.25, -0.2) is 4.79 Å². The summed E-state index contributed by atoms with van der Waals surface area (Å²) in [6.45, 7) is 4.54. The van der Waals surface area contributed by atoms with Crippen molar-refractivity contribution in [2.45, 2.75) is 26.9 Å². The molecule has 0 saturated carbocycles. The van der Waals surface area contributed by atoms with Crippen molar-refractivity contribution in [3.63, 3.8) is 0 Å². The van der Waals surface area contributed by atoms with E-state index in [-0.39, 0.29) is 23.9 Å². The van der Waals surface area contributed by atoms with Gasteiger partial charge in [0.2, 0.25) is 6.10 Å². The molecule has 0 bridgehead atoms. The Bertz CT molecular complexity index is 478. The number of esters is 1. The highest BCUT2D eigenvalue weighted by Crippen LogP contribution is 2.16. The summed E-state index contributed by atoms with van der Waals surface area (Å²) in [4.78, 5) is 34.1. The zero-order valence-corrected chi connectivity index (χ0v) is 11.1. The van der Waals surface area contributed by atoms with Gasteiger partial charge in [-0.15, -0.1) is 0 Å². The van der Waals surface area contributed by atoms with E-state index in [2.05, 4.69) is 0 Å². The lowest BCUT2D eigenvalue weighted by Crippen LogP contribution is -2.32. The zero-order valence-electron chi connectivity index (χ0n) is 11.1. The highest BCUT2D eigenvalue weighted by atomic mass is 16.5. The number of rotatable bonds is 6. The minimum Gasteiger partial charge on any atom is -0.475 e. The molecule has 1 aromatic rings. The average molecular weight is 264 g/mol. The van der Waals surface area contributed by atoms with Gasteiger partial charge in [-0.05, 0) is 39.0 Å². The maximum atomic E-state index is 11.5. The summed E-state index contributed by atoms with van der Waals surface area (Å²) in [5, 5.41) is 0. The molecule has 0 aliphatic carbocycles. The third kappa shape index (κ3) is 4.21. The quantitative estimate of drug-likeness (QED) is 0.578. The lowest BCUT2D eigenvalue weighted by atomic mass is 10.1. The Labute approximate surface area is 111 Å². The van der Waals surface area contributed by atoms with Crippen LogP contribution in [0, 0.1) is 0 Å². The molecule has 0 radical (unpaired) electrons. The molecule has 102 valence electrons. The van der Waals surface area contributed by atoms with Gasteiger partial charge in [0.1, 0.15) is 5.75 Å². The molecule has 0 N–H and O–H groups in total. The molecule has 0 fully saturated rings. The molecule has 0 unspecified atom stereocenters. The number of benzene rings is 1. The van der Waals surface area contributed by atoms with Gasteiger partial charge in [-0.3, -0.25) is 9.59 Å². The van der Waals surface area contributed by atoms with Gasteiger partial charge >= 0.3 is 5.97 Å². The van der Waals surface area contributed by atoms with Crippen LogP contribution in [0.1, 0.15) is 31.1 Å². The van der Waals surface area contributed by atoms with Gasteiger partial charge in [0.05, 0.1) is 12.2 Å². The number of hydrogen-bond donors (Lipinski definition) is 0. The normalized spacial score (nSPS) is 10.1. The summed E-state index contributed by atoms with van der Waals surface area (Å²) in [5.41, 5.74) is 0.310. The number of ether oxygens (including phenoxy) is 2. The van der Waals surface area contributed by atoms with Crippen molar-refractivity contribution in [3.8, 4) is 5.75 Å². The van der Waals surface area contributed by atoms with Gasteiger partial charge in [0.25, 0.3) is 0 Å². The van der Waals surface area contributed by atoms with Crippen LogP contribution in [-0.2, 0) is 14.3 Å². The van der Waals surface area contributed by atoms with Crippen LogP contribution >= 0.6 is 0 Å². The zero-order chi connectivity index (χ0) is 14.4. The monoisotopic (exact) mass is 264 g/mol. The first-order chi connectivity index (χ1) is 8.95. The second kappa shape index (κ2) is 6.68. The van der Waals surface area contributed by atoms with Gasteiger partial charge in [-0.1, -0.05) is 6.07 Å². The minimum absolute atomic E-state index is 0.271. The van der Waals surface area contributed by atoms with Crippen LogP contribution in [0.3, 0.4) is 0 Å². The van der Waals surface area contributed by atoms with E-state index < -0.39 is 12.1 Å². The van der Waals surface area contributed by atoms with Crippen molar-refractivity contribution < 1.29 is 23.9 Å². The molecular formula is C14H16O5. The van der Waals surface area contributed by atoms with Crippen molar-refractivity contribution in [3.05, 3.63) is 29.8 Å². The van der Waals surface area contributed by atoms with Crippen LogP contribution in [0.2, 0.25) is 0 Å². The Hall–Kier alpha value is -2.17. The van der Waals surface area contributed by atoms with Crippen LogP contribution in [0.4, 0.5) is 0 Å². The van der Waals surface area contributed by atoms with Crippen molar-refractivity contribution in [1.82, 2.24) is 0 Å². The first-order valence-corrected chi connectivity index (χ1v) is 5.90. The van der Waals surface area contributed by atoms with Crippen LogP contribution in [0.25, 0.3) is 0 Å². The SMILES string of the molecule is CCOC(=O)c1cccc(OC(C(C)=O)C(C)=O)c1. The molecule has 5 heteroatoms. The van der Waals surface area contributed by atoms with Crippen molar-refractivity contribution in [2.24, 2.45) is 0 Å². The fourth-order valence-corrected chi connectivity index (χ4v) is 1.50. The number of carbonyl (C=O) groups excluding carboxylic acids is 3. The Morgan fingerprint density at radius 2 is 1.79 bits per heavy atom. The Morgan fingerprint density at radius 1 is 1.16 bits per heavy atom. The molecule has 0 spiro atoms. The van der Waals surface area contributed by atoms with Crippen molar-refractivity contribution >= 4 is 17.5 Å². The predicted molar refractivity (Wildman–Crippen MR) is 68.2 cm³/mol. The Balaban J connectivity index is 2.90. The first kappa shape index (κ1) is 14.9. The average Bonchev–Trinajstić information content (AvgIpc) is 2.36. The summed E-state index contributed by atoms with van der Waals surface area (Å²) >= 11 is 0. The van der Waals surface area contributed by atoms with E-state index in [0.717, 1.165) is 0 Å². The van der Waals surface area contributed by atoms with Gasteiger partial charge < -0.3 is 9.47 Å². The van der Waals surface area contributed by atoms with Crippen LogP contribution in [0.15, 0.2) is 24.3 Å². The maximum absolute atomic E-state index is 11.5. The van der Waals surface area contributed by atoms with E-state index in [1.54, 1.807) is 25.1 Å². The lowest BCUT2D eigenvalue weighted by molar-refractivity contribution is -0.134. The third-order valence-corrected chi connectivity index (χ3v) is 2.34. The molecule has 0 aliphatic heterocycles. The summed E-state index contributed by atoms with van der Waals surface area (Å²) in [6.07, 6.45) is -1.14. The van der Waals surface area contributed by atoms with Crippen LogP contribution in [-0.4, -0.2) is 30.2 Å². The molecule has 0 saturated heterocycles. The number of Topliss-reactive ketones (excluding diaryl/α,β-unsaturated/α-hetero) is 2. The highest BCUT2D eigenvalue weighted by Gasteiger charge is 2.21. The molecule has 5 nitrogen and oxygen atoms in total. The second-order valence-electron chi connectivity index (χ2n) is 3.97.